The van der Waals surface area contributed by atoms with E-state index in [1.807, 2.05) is 0 Å². The lowest BCUT2D eigenvalue weighted by Crippen LogP contribution is -2.44. The van der Waals surface area contributed by atoms with Crippen molar-refractivity contribution in [1.29, 1.82) is 0 Å². The Bertz CT molecular complexity index is 833. The molecule has 4 nitrogen and oxygen atoms in total. The van der Waals surface area contributed by atoms with Crippen molar-refractivity contribution >= 4 is 17.5 Å². The van der Waals surface area contributed by atoms with Crippen LogP contribution in [0, 0.1) is 5.92 Å². The maximum atomic E-state index is 13.2. The van der Waals surface area contributed by atoms with Gasteiger partial charge in [-0.3, -0.25) is 9.59 Å². The summed E-state index contributed by atoms with van der Waals surface area (Å²) < 4.78 is 39.7. The van der Waals surface area contributed by atoms with Crippen molar-refractivity contribution in [2.75, 3.05) is 11.4 Å². The first kappa shape index (κ1) is 17.0. The molecule has 0 aromatic heterocycles. The summed E-state index contributed by atoms with van der Waals surface area (Å²) in [7, 11) is 0. The number of hydrogen-bond donors (Lipinski definition) is 1. The normalized spacial score (nSPS) is 17.1. The minimum atomic E-state index is -4.65. The maximum Gasteiger partial charge on any atom is 0.417 e. The van der Waals surface area contributed by atoms with E-state index in [9.17, 15) is 22.8 Å². The summed E-state index contributed by atoms with van der Waals surface area (Å²) in [5, 5.41) is 0. The molecule has 0 saturated heterocycles. The van der Waals surface area contributed by atoms with Crippen molar-refractivity contribution in [3.63, 3.8) is 0 Å². The molecule has 0 spiro atoms. The summed E-state index contributed by atoms with van der Waals surface area (Å²) in [5.41, 5.74) is 5.12. The van der Waals surface area contributed by atoms with Crippen LogP contribution in [0.1, 0.15) is 21.5 Å². The van der Waals surface area contributed by atoms with Gasteiger partial charge in [-0.05, 0) is 30.2 Å². The molecule has 7 heteroatoms. The molecule has 0 aliphatic carbocycles. The highest BCUT2D eigenvalue weighted by Gasteiger charge is 2.38. The van der Waals surface area contributed by atoms with Crippen LogP contribution < -0.4 is 10.6 Å². The molecule has 0 fully saturated rings. The van der Waals surface area contributed by atoms with Crippen molar-refractivity contribution in [2.24, 2.45) is 11.7 Å². The Morgan fingerprint density at radius 1 is 1.04 bits per heavy atom. The molecule has 1 aliphatic heterocycles. The van der Waals surface area contributed by atoms with Crippen LogP contribution in [0.5, 0.6) is 0 Å². The molecule has 3 rings (SSSR count). The smallest absolute Gasteiger partial charge is 0.369 e. The highest BCUT2D eigenvalue weighted by Crippen LogP contribution is 2.35. The molecule has 25 heavy (non-hydrogen) atoms. The number of benzene rings is 2. The zero-order valence-corrected chi connectivity index (χ0v) is 13.1. The molecule has 130 valence electrons. The first-order valence-electron chi connectivity index (χ1n) is 7.64. The number of carbonyl (C=O) groups excluding carboxylic acids is 2. The fourth-order valence-corrected chi connectivity index (χ4v) is 3.04. The second-order valence-corrected chi connectivity index (χ2v) is 5.89. The molecular weight excluding hydrogens is 333 g/mol. The number of primary amides is 1. The second-order valence-electron chi connectivity index (χ2n) is 5.89. The van der Waals surface area contributed by atoms with Gasteiger partial charge in [-0.15, -0.1) is 0 Å². The third-order valence-electron chi connectivity index (χ3n) is 4.26. The Hall–Kier alpha value is -2.83. The predicted molar refractivity (Wildman–Crippen MR) is 86.0 cm³/mol. The second kappa shape index (κ2) is 6.23. The topological polar surface area (TPSA) is 63.4 Å². The summed E-state index contributed by atoms with van der Waals surface area (Å²) in [6.07, 6.45) is -4.29. The molecule has 1 atom stereocenters. The van der Waals surface area contributed by atoms with Crippen molar-refractivity contribution in [3.8, 4) is 0 Å². The fourth-order valence-electron chi connectivity index (χ4n) is 3.04. The van der Waals surface area contributed by atoms with Crippen LogP contribution in [0.4, 0.5) is 18.9 Å². The maximum absolute atomic E-state index is 13.2. The van der Waals surface area contributed by atoms with Crippen LogP contribution in [0.3, 0.4) is 0 Å². The highest BCUT2D eigenvalue weighted by molar-refractivity contribution is 6.08. The lowest BCUT2D eigenvalue weighted by Gasteiger charge is -2.33. The number of hydrogen-bond acceptors (Lipinski definition) is 2. The lowest BCUT2D eigenvalue weighted by molar-refractivity contribution is -0.138. The number of nitrogens with two attached hydrogens (primary N) is 1. The van der Waals surface area contributed by atoms with Gasteiger partial charge in [-0.1, -0.05) is 30.3 Å². The van der Waals surface area contributed by atoms with E-state index in [1.165, 1.54) is 17.0 Å². The summed E-state index contributed by atoms with van der Waals surface area (Å²) >= 11 is 0. The van der Waals surface area contributed by atoms with Gasteiger partial charge in [0.15, 0.2) is 0 Å². The molecule has 1 aliphatic rings. The average Bonchev–Trinajstić information content (AvgIpc) is 2.59. The van der Waals surface area contributed by atoms with Gasteiger partial charge in [0.05, 0.1) is 17.0 Å². The Labute approximate surface area is 142 Å². The largest absolute Gasteiger partial charge is 0.417 e. The molecule has 2 N–H and O–H groups in total. The molecule has 0 radical (unpaired) electrons. The minimum absolute atomic E-state index is 0.0443. The highest BCUT2D eigenvalue weighted by atomic mass is 19.4. The van der Waals surface area contributed by atoms with Crippen molar-refractivity contribution in [1.82, 2.24) is 0 Å². The van der Waals surface area contributed by atoms with Gasteiger partial charge < -0.3 is 10.6 Å². The zero-order valence-electron chi connectivity index (χ0n) is 13.1. The van der Waals surface area contributed by atoms with Gasteiger partial charge in [0.1, 0.15) is 0 Å². The third-order valence-corrected chi connectivity index (χ3v) is 4.26. The number of fused-ring (bicyclic) bond motifs is 1. The molecule has 2 amide bonds. The Kier molecular flexibility index (Phi) is 4.24. The molecule has 0 unspecified atom stereocenters. The number of para-hydroxylation sites is 1. The van der Waals surface area contributed by atoms with Crippen molar-refractivity contribution < 1.29 is 22.8 Å². The molecule has 1 heterocycles. The number of rotatable bonds is 2. The van der Waals surface area contributed by atoms with Gasteiger partial charge in [-0.2, -0.15) is 13.2 Å². The zero-order chi connectivity index (χ0) is 18.2. The van der Waals surface area contributed by atoms with Crippen molar-refractivity contribution in [2.45, 2.75) is 12.6 Å². The van der Waals surface area contributed by atoms with E-state index in [4.69, 9.17) is 5.73 Å². The van der Waals surface area contributed by atoms with Gasteiger partial charge in [0.25, 0.3) is 5.91 Å². The van der Waals surface area contributed by atoms with Crippen LogP contribution in [0.2, 0.25) is 0 Å². The van der Waals surface area contributed by atoms with E-state index < -0.39 is 35.0 Å². The molecular formula is C18H15F3N2O2. The van der Waals surface area contributed by atoms with Crippen LogP contribution in [0.15, 0.2) is 48.5 Å². The number of amides is 2. The van der Waals surface area contributed by atoms with E-state index in [0.29, 0.717) is 17.7 Å². The first-order valence-corrected chi connectivity index (χ1v) is 7.64. The third kappa shape index (κ3) is 3.22. The monoisotopic (exact) mass is 348 g/mol. The number of carbonyl (C=O) groups is 2. The number of nitrogens with zero attached hydrogens (tertiary/aromatic N) is 1. The SMILES string of the molecule is NC(=O)[C@H]1Cc2ccccc2N(C(=O)c2ccccc2C(F)(F)F)C1. The Morgan fingerprint density at radius 2 is 1.68 bits per heavy atom. The first-order chi connectivity index (χ1) is 11.8. The number of halogens is 3. The summed E-state index contributed by atoms with van der Waals surface area (Å²) in [4.78, 5) is 25.7. The van der Waals surface area contributed by atoms with Crippen molar-refractivity contribution in [3.05, 3.63) is 65.2 Å². The van der Waals surface area contributed by atoms with E-state index in [-0.39, 0.29) is 6.54 Å². The summed E-state index contributed by atoms with van der Waals surface area (Å²) in [6, 6.07) is 11.4. The fraction of sp³-hybridized carbons (Fsp3) is 0.222. The Morgan fingerprint density at radius 3 is 2.36 bits per heavy atom. The van der Waals surface area contributed by atoms with Gasteiger partial charge in [0.2, 0.25) is 5.91 Å². The van der Waals surface area contributed by atoms with E-state index in [1.54, 1.807) is 24.3 Å². The van der Waals surface area contributed by atoms with Crippen LogP contribution in [0.25, 0.3) is 0 Å². The van der Waals surface area contributed by atoms with Crippen LogP contribution in [-0.2, 0) is 17.4 Å². The van der Waals surface area contributed by atoms with Crippen LogP contribution in [-0.4, -0.2) is 18.4 Å². The summed E-state index contributed by atoms with van der Waals surface area (Å²) in [5.74, 6) is -2.03. The molecule has 2 aromatic carbocycles. The standard InChI is InChI=1S/C18H15F3N2O2/c19-18(20,21)14-7-3-2-6-13(14)17(25)23-10-12(16(22)24)9-11-5-1-4-8-15(11)23/h1-8,12H,9-10H2,(H2,22,24)/t12-/m0/s1. The van der Waals surface area contributed by atoms with Gasteiger partial charge in [0, 0.05) is 12.2 Å². The quantitative estimate of drug-likeness (QED) is 0.907. The van der Waals surface area contributed by atoms with Crippen LogP contribution >= 0.6 is 0 Å². The average molecular weight is 348 g/mol. The Balaban J connectivity index is 2.07. The summed E-state index contributed by atoms with van der Waals surface area (Å²) in [6.45, 7) is -0.0443. The number of alkyl halides is 3. The van der Waals surface area contributed by atoms with E-state index in [0.717, 1.165) is 12.1 Å². The minimum Gasteiger partial charge on any atom is -0.369 e. The lowest BCUT2D eigenvalue weighted by atomic mass is 9.91. The molecule has 0 bridgehead atoms. The molecule has 2 aromatic rings. The van der Waals surface area contributed by atoms with Gasteiger partial charge >= 0.3 is 6.18 Å². The van der Waals surface area contributed by atoms with Gasteiger partial charge in [-0.25, -0.2) is 0 Å². The molecule has 0 saturated carbocycles. The predicted octanol–water partition coefficient (Wildman–Crippen LogP) is 3.01. The van der Waals surface area contributed by atoms with E-state index in [2.05, 4.69) is 0 Å². The van der Waals surface area contributed by atoms with E-state index >= 15 is 0 Å². The number of anilines is 1.